The minimum absolute atomic E-state index is 0.423. The van der Waals surface area contributed by atoms with Gasteiger partial charge >= 0.3 is 0 Å². The van der Waals surface area contributed by atoms with E-state index >= 15 is 0 Å². The first kappa shape index (κ1) is 16.2. The Labute approximate surface area is 130 Å². The van der Waals surface area contributed by atoms with Crippen LogP contribution >= 0.6 is 11.6 Å². The highest BCUT2D eigenvalue weighted by molar-refractivity contribution is 6.30. The van der Waals surface area contributed by atoms with E-state index in [-0.39, 0.29) is 0 Å². The van der Waals surface area contributed by atoms with Gasteiger partial charge < -0.3 is 10.6 Å². The van der Waals surface area contributed by atoms with Crippen molar-refractivity contribution in [1.82, 2.24) is 0 Å². The molecule has 1 atom stereocenters. The quantitative estimate of drug-likeness (QED) is 0.826. The summed E-state index contributed by atoms with van der Waals surface area (Å²) >= 11 is 5.75. The molecule has 0 heterocycles. The van der Waals surface area contributed by atoms with Crippen LogP contribution in [0.25, 0.3) is 0 Å². The second-order valence-corrected chi connectivity index (χ2v) is 5.02. The molecule has 0 saturated carbocycles. The standard InChI is InChI=1S/C15H12ClF3N2O/c1-8(20-10-4-2-9(16)3-5-10)15(22)21-12-7-6-11(17)13(18)14(12)19/h2-8,20H,1H3,(H,21,22)/t8-/m0/s1. The molecule has 3 nitrogen and oxygen atoms in total. The Morgan fingerprint density at radius 1 is 1.05 bits per heavy atom. The van der Waals surface area contributed by atoms with Crippen molar-refractivity contribution in [3.63, 3.8) is 0 Å². The molecule has 0 spiro atoms. The molecule has 0 aliphatic carbocycles. The first-order chi connectivity index (χ1) is 10.4. The average Bonchev–Trinajstić information content (AvgIpc) is 2.50. The van der Waals surface area contributed by atoms with E-state index in [4.69, 9.17) is 11.6 Å². The Morgan fingerprint density at radius 3 is 2.32 bits per heavy atom. The Kier molecular flexibility index (Phi) is 4.92. The van der Waals surface area contributed by atoms with Crippen LogP contribution < -0.4 is 10.6 Å². The fraction of sp³-hybridized carbons (Fsp3) is 0.133. The lowest BCUT2D eigenvalue weighted by molar-refractivity contribution is -0.116. The van der Waals surface area contributed by atoms with E-state index in [1.54, 1.807) is 31.2 Å². The molecule has 0 aliphatic rings. The smallest absolute Gasteiger partial charge is 0.246 e. The van der Waals surface area contributed by atoms with Gasteiger partial charge in [-0.1, -0.05) is 11.6 Å². The van der Waals surface area contributed by atoms with Crippen molar-refractivity contribution in [2.24, 2.45) is 0 Å². The lowest BCUT2D eigenvalue weighted by atomic mass is 10.2. The zero-order valence-corrected chi connectivity index (χ0v) is 12.2. The molecule has 116 valence electrons. The minimum atomic E-state index is -1.63. The zero-order chi connectivity index (χ0) is 16.3. The molecule has 0 saturated heterocycles. The van der Waals surface area contributed by atoms with E-state index in [9.17, 15) is 18.0 Å². The Hall–Kier alpha value is -2.21. The maximum Gasteiger partial charge on any atom is 0.246 e. The van der Waals surface area contributed by atoms with Crippen molar-refractivity contribution in [2.75, 3.05) is 10.6 Å². The summed E-state index contributed by atoms with van der Waals surface area (Å²) in [6, 6.07) is 7.60. The highest BCUT2D eigenvalue weighted by Gasteiger charge is 2.18. The molecule has 0 aliphatic heterocycles. The molecule has 2 rings (SSSR count). The molecule has 0 bridgehead atoms. The van der Waals surface area contributed by atoms with Crippen LogP contribution in [0.15, 0.2) is 36.4 Å². The third-order valence-electron chi connectivity index (χ3n) is 2.91. The third-order valence-corrected chi connectivity index (χ3v) is 3.17. The zero-order valence-electron chi connectivity index (χ0n) is 11.5. The van der Waals surface area contributed by atoms with E-state index in [1.807, 2.05) is 0 Å². The van der Waals surface area contributed by atoms with Gasteiger partial charge in [0.2, 0.25) is 5.91 Å². The summed E-state index contributed by atoms with van der Waals surface area (Å²) in [5.41, 5.74) is 0.214. The monoisotopic (exact) mass is 328 g/mol. The van der Waals surface area contributed by atoms with Crippen LogP contribution in [0.3, 0.4) is 0 Å². The van der Waals surface area contributed by atoms with Crippen LogP contribution in [0.4, 0.5) is 24.5 Å². The number of rotatable bonds is 4. The first-order valence-electron chi connectivity index (χ1n) is 6.35. The molecule has 2 N–H and O–H groups in total. The maximum atomic E-state index is 13.5. The van der Waals surface area contributed by atoms with E-state index in [1.165, 1.54) is 0 Å². The van der Waals surface area contributed by atoms with Crippen molar-refractivity contribution < 1.29 is 18.0 Å². The molecule has 1 amide bonds. The van der Waals surface area contributed by atoms with Gasteiger partial charge in [0.15, 0.2) is 17.5 Å². The molecule has 2 aromatic carbocycles. The fourth-order valence-electron chi connectivity index (χ4n) is 1.73. The van der Waals surface area contributed by atoms with Crippen LogP contribution in [0.5, 0.6) is 0 Å². The summed E-state index contributed by atoms with van der Waals surface area (Å²) in [5.74, 6) is -4.98. The maximum absolute atomic E-state index is 13.5. The van der Waals surface area contributed by atoms with Gasteiger partial charge in [0.05, 0.1) is 5.69 Å². The average molecular weight is 329 g/mol. The molecule has 2 aromatic rings. The van der Waals surface area contributed by atoms with Crippen molar-refractivity contribution in [2.45, 2.75) is 13.0 Å². The highest BCUT2D eigenvalue weighted by atomic mass is 35.5. The number of hydrogen-bond acceptors (Lipinski definition) is 2. The number of carbonyl (C=O) groups excluding carboxylic acids is 1. The van der Waals surface area contributed by atoms with Crippen molar-refractivity contribution >= 4 is 28.9 Å². The van der Waals surface area contributed by atoms with E-state index in [0.29, 0.717) is 10.7 Å². The van der Waals surface area contributed by atoms with Crippen LogP contribution in [0.2, 0.25) is 5.02 Å². The number of benzene rings is 2. The number of anilines is 2. The normalized spacial score (nSPS) is 11.9. The van der Waals surface area contributed by atoms with E-state index in [2.05, 4.69) is 10.6 Å². The Bertz CT molecular complexity index is 692. The molecule has 0 radical (unpaired) electrons. The summed E-state index contributed by atoms with van der Waals surface area (Å²) in [6.45, 7) is 1.54. The second-order valence-electron chi connectivity index (χ2n) is 4.59. The minimum Gasteiger partial charge on any atom is -0.374 e. The third kappa shape index (κ3) is 3.71. The first-order valence-corrected chi connectivity index (χ1v) is 6.72. The summed E-state index contributed by atoms with van der Waals surface area (Å²) in [5, 5.41) is 5.62. The van der Waals surface area contributed by atoms with Crippen molar-refractivity contribution in [3.8, 4) is 0 Å². The lowest BCUT2D eigenvalue weighted by Crippen LogP contribution is -2.32. The molecule has 0 fully saturated rings. The van der Waals surface area contributed by atoms with Crippen LogP contribution in [-0.4, -0.2) is 11.9 Å². The molecular weight excluding hydrogens is 317 g/mol. The summed E-state index contributed by atoms with van der Waals surface area (Å²) in [7, 11) is 0. The molecule has 0 aromatic heterocycles. The van der Waals surface area contributed by atoms with Crippen molar-refractivity contribution in [1.29, 1.82) is 0 Å². The van der Waals surface area contributed by atoms with Gasteiger partial charge in [-0.05, 0) is 43.3 Å². The predicted octanol–water partition coefficient (Wildman–Crippen LogP) is 4.20. The van der Waals surface area contributed by atoms with Gasteiger partial charge in [0.1, 0.15) is 6.04 Å². The second kappa shape index (κ2) is 6.70. The highest BCUT2D eigenvalue weighted by Crippen LogP contribution is 2.20. The fourth-order valence-corrected chi connectivity index (χ4v) is 1.85. The van der Waals surface area contributed by atoms with Crippen LogP contribution in [-0.2, 0) is 4.79 Å². The summed E-state index contributed by atoms with van der Waals surface area (Å²) < 4.78 is 39.4. The van der Waals surface area contributed by atoms with Gasteiger partial charge in [-0.25, -0.2) is 13.2 Å². The van der Waals surface area contributed by atoms with E-state index in [0.717, 1.165) is 12.1 Å². The number of nitrogens with one attached hydrogen (secondary N) is 2. The molecule has 7 heteroatoms. The summed E-state index contributed by atoms with van der Waals surface area (Å²) in [4.78, 5) is 11.9. The molecule has 0 unspecified atom stereocenters. The molecule has 22 heavy (non-hydrogen) atoms. The largest absolute Gasteiger partial charge is 0.374 e. The van der Waals surface area contributed by atoms with Crippen LogP contribution in [0, 0.1) is 17.5 Å². The Morgan fingerprint density at radius 2 is 1.68 bits per heavy atom. The summed E-state index contributed by atoms with van der Waals surface area (Å²) in [6.07, 6.45) is 0. The van der Waals surface area contributed by atoms with Gasteiger partial charge in [0, 0.05) is 10.7 Å². The lowest BCUT2D eigenvalue weighted by Gasteiger charge is -2.15. The van der Waals surface area contributed by atoms with Gasteiger partial charge in [-0.3, -0.25) is 4.79 Å². The Balaban J connectivity index is 2.05. The van der Waals surface area contributed by atoms with Crippen molar-refractivity contribution in [3.05, 3.63) is 58.9 Å². The number of carbonyl (C=O) groups is 1. The molecular formula is C15H12ClF3N2O. The number of hydrogen-bond donors (Lipinski definition) is 2. The van der Waals surface area contributed by atoms with Gasteiger partial charge in [-0.2, -0.15) is 0 Å². The topological polar surface area (TPSA) is 41.1 Å². The van der Waals surface area contributed by atoms with Crippen LogP contribution in [0.1, 0.15) is 6.92 Å². The van der Waals surface area contributed by atoms with E-state index < -0.39 is 35.1 Å². The van der Waals surface area contributed by atoms with Gasteiger partial charge in [0.25, 0.3) is 0 Å². The SMILES string of the molecule is C[C@H](Nc1ccc(Cl)cc1)C(=O)Nc1ccc(F)c(F)c1F. The number of amides is 1. The van der Waals surface area contributed by atoms with Gasteiger partial charge in [-0.15, -0.1) is 0 Å². The number of halogens is 4. The predicted molar refractivity (Wildman–Crippen MR) is 79.5 cm³/mol.